The van der Waals surface area contributed by atoms with E-state index in [-0.39, 0.29) is 24.4 Å². The number of carbonyl (C=O) groups excluding carboxylic acids is 1. The third-order valence-corrected chi connectivity index (χ3v) is 2.85. The molecule has 1 aromatic rings. The number of hydrogen-bond acceptors (Lipinski definition) is 2. The molecule has 5 heteroatoms. The number of carbonyl (C=O) groups is 1. The molecule has 3 N–H and O–H groups in total. The fourth-order valence-corrected chi connectivity index (χ4v) is 1.71. The number of nitrogens with one attached hydrogen (secondary N) is 1. The standard InChI is InChI=1S/C12H17ClN2O.ClH/c1-3-11(14)12(16)15-8(2)9-6-4-5-7-10(9)13;/h4-8,11H,3,14H2,1-2H3,(H,15,16);1H/t8?,11-;/m0./s1. The number of rotatable bonds is 4. The first kappa shape index (κ1) is 16.2. The number of amides is 1. The van der Waals surface area contributed by atoms with Gasteiger partial charge < -0.3 is 11.1 Å². The van der Waals surface area contributed by atoms with Crippen LogP contribution in [-0.4, -0.2) is 11.9 Å². The van der Waals surface area contributed by atoms with Crippen molar-refractivity contribution in [1.29, 1.82) is 0 Å². The van der Waals surface area contributed by atoms with Gasteiger partial charge in [0.15, 0.2) is 0 Å². The normalized spacial score (nSPS) is 13.4. The predicted molar refractivity (Wildman–Crippen MR) is 73.5 cm³/mol. The fourth-order valence-electron chi connectivity index (χ4n) is 1.41. The van der Waals surface area contributed by atoms with E-state index in [1.54, 1.807) is 6.07 Å². The van der Waals surface area contributed by atoms with E-state index < -0.39 is 6.04 Å². The van der Waals surface area contributed by atoms with E-state index in [9.17, 15) is 4.79 Å². The molecule has 2 atom stereocenters. The molecule has 1 amide bonds. The highest BCUT2D eigenvalue weighted by atomic mass is 35.5. The molecule has 0 saturated heterocycles. The Kier molecular flexibility index (Phi) is 7.19. The van der Waals surface area contributed by atoms with E-state index in [1.165, 1.54) is 0 Å². The Labute approximate surface area is 113 Å². The van der Waals surface area contributed by atoms with Crippen molar-refractivity contribution in [3.8, 4) is 0 Å². The minimum atomic E-state index is -0.454. The zero-order valence-corrected chi connectivity index (χ0v) is 11.5. The van der Waals surface area contributed by atoms with Crippen LogP contribution in [-0.2, 0) is 4.79 Å². The summed E-state index contributed by atoms with van der Waals surface area (Å²) in [6, 6.07) is 6.87. The van der Waals surface area contributed by atoms with Crippen molar-refractivity contribution in [2.45, 2.75) is 32.4 Å². The summed E-state index contributed by atoms with van der Waals surface area (Å²) in [5.74, 6) is -0.144. The van der Waals surface area contributed by atoms with Gasteiger partial charge in [0.1, 0.15) is 0 Å². The Bertz CT molecular complexity index is 371. The quantitative estimate of drug-likeness (QED) is 0.889. The highest BCUT2D eigenvalue weighted by molar-refractivity contribution is 6.31. The van der Waals surface area contributed by atoms with Crippen molar-refractivity contribution in [1.82, 2.24) is 5.32 Å². The Morgan fingerprint density at radius 3 is 2.59 bits per heavy atom. The van der Waals surface area contributed by atoms with Gasteiger partial charge in [-0.05, 0) is 25.0 Å². The summed E-state index contributed by atoms with van der Waals surface area (Å²) in [6.45, 7) is 3.77. The summed E-state index contributed by atoms with van der Waals surface area (Å²) < 4.78 is 0. The average Bonchev–Trinajstić information content (AvgIpc) is 2.28. The second-order valence-corrected chi connectivity index (χ2v) is 4.17. The highest BCUT2D eigenvalue weighted by Crippen LogP contribution is 2.21. The van der Waals surface area contributed by atoms with Gasteiger partial charge in [-0.2, -0.15) is 0 Å². The van der Waals surface area contributed by atoms with Crippen molar-refractivity contribution in [3.05, 3.63) is 34.9 Å². The van der Waals surface area contributed by atoms with E-state index >= 15 is 0 Å². The van der Waals surface area contributed by atoms with Crippen LogP contribution in [0.5, 0.6) is 0 Å². The number of benzene rings is 1. The minimum Gasteiger partial charge on any atom is -0.348 e. The lowest BCUT2D eigenvalue weighted by Gasteiger charge is -2.18. The third-order valence-electron chi connectivity index (χ3n) is 2.51. The predicted octanol–water partition coefficient (Wildman–Crippen LogP) is 2.68. The van der Waals surface area contributed by atoms with Gasteiger partial charge in [0.05, 0.1) is 12.1 Å². The molecule has 17 heavy (non-hydrogen) atoms. The molecule has 0 aliphatic rings. The molecule has 1 unspecified atom stereocenters. The Morgan fingerprint density at radius 2 is 2.06 bits per heavy atom. The molecule has 3 nitrogen and oxygen atoms in total. The lowest BCUT2D eigenvalue weighted by atomic mass is 10.1. The van der Waals surface area contributed by atoms with Gasteiger partial charge in [0.2, 0.25) is 5.91 Å². The molecular formula is C12H18Cl2N2O. The summed E-state index contributed by atoms with van der Waals surface area (Å²) in [6.07, 6.45) is 0.626. The molecule has 0 spiro atoms. The monoisotopic (exact) mass is 276 g/mol. The van der Waals surface area contributed by atoms with Crippen LogP contribution in [0.15, 0.2) is 24.3 Å². The van der Waals surface area contributed by atoms with Crippen molar-refractivity contribution in [3.63, 3.8) is 0 Å². The van der Waals surface area contributed by atoms with Crippen molar-refractivity contribution >= 4 is 29.9 Å². The van der Waals surface area contributed by atoms with Crippen molar-refractivity contribution in [2.75, 3.05) is 0 Å². The van der Waals surface area contributed by atoms with E-state index in [0.29, 0.717) is 11.4 Å². The average molecular weight is 277 g/mol. The fraction of sp³-hybridized carbons (Fsp3) is 0.417. The maximum absolute atomic E-state index is 11.6. The van der Waals surface area contributed by atoms with Crippen LogP contribution in [0.3, 0.4) is 0 Å². The lowest BCUT2D eigenvalue weighted by Crippen LogP contribution is -2.41. The highest BCUT2D eigenvalue weighted by Gasteiger charge is 2.16. The van der Waals surface area contributed by atoms with Gasteiger partial charge in [-0.3, -0.25) is 4.79 Å². The lowest BCUT2D eigenvalue weighted by molar-refractivity contribution is -0.123. The Balaban J connectivity index is 0.00000256. The zero-order valence-electron chi connectivity index (χ0n) is 9.94. The SMILES string of the molecule is CC[C@H](N)C(=O)NC(C)c1ccccc1Cl.Cl. The molecule has 0 saturated carbocycles. The van der Waals surface area contributed by atoms with E-state index in [2.05, 4.69) is 5.32 Å². The number of nitrogens with two attached hydrogens (primary N) is 1. The Morgan fingerprint density at radius 1 is 1.47 bits per heavy atom. The van der Waals surface area contributed by atoms with Gasteiger partial charge in [0, 0.05) is 5.02 Å². The molecule has 0 heterocycles. The smallest absolute Gasteiger partial charge is 0.237 e. The van der Waals surface area contributed by atoms with Crippen LogP contribution in [0, 0.1) is 0 Å². The molecule has 1 aromatic carbocycles. The molecule has 0 radical (unpaired) electrons. The molecular weight excluding hydrogens is 259 g/mol. The van der Waals surface area contributed by atoms with E-state index in [1.807, 2.05) is 32.0 Å². The van der Waals surface area contributed by atoms with E-state index in [0.717, 1.165) is 5.56 Å². The number of hydrogen-bond donors (Lipinski definition) is 2. The maximum atomic E-state index is 11.6. The van der Waals surface area contributed by atoms with Crippen LogP contribution < -0.4 is 11.1 Å². The largest absolute Gasteiger partial charge is 0.348 e. The van der Waals surface area contributed by atoms with Crippen LogP contribution in [0.25, 0.3) is 0 Å². The van der Waals surface area contributed by atoms with Gasteiger partial charge in [-0.15, -0.1) is 12.4 Å². The topological polar surface area (TPSA) is 55.1 Å². The molecule has 0 aromatic heterocycles. The first-order valence-corrected chi connectivity index (χ1v) is 5.74. The first-order chi connectivity index (χ1) is 7.56. The minimum absolute atomic E-state index is 0. The summed E-state index contributed by atoms with van der Waals surface area (Å²) in [5.41, 5.74) is 6.54. The van der Waals surface area contributed by atoms with Gasteiger partial charge >= 0.3 is 0 Å². The Hall–Kier alpha value is -0.770. The van der Waals surface area contributed by atoms with E-state index in [4.69, 9.17) is 17.3 Å². The molecule has 96 valence electrons. The molecule has 1 rings (SSSR count). The van der Waals surface area contributed by atoms with Crippen LogP contribution in [0.1, 0.15) is 31.9 Å². The van der Waals surface area contributed by atoms with Gasteiger partial charge in [-0.1, -0.05) is 36.7 Å². The van der Waals surface area contributed by atoms with Crippen LogP contribution in [0.2, 0.25) is 5.02 Å². The van der Waals surface area contributed by atoms with Crippen molar-refractivity contribution in [2.24, 2.45) is 5.73 Å². The second kappa shape index (κ2) is 7.54. The van der Waals surface area contributed by atoms with Crippen LogP contribution >= 0.6 is 24.0 Å². The first-order valence-electron chi connectivity index (χ1n) is 5.36. The van der Waals surface area contributed by atoms with Crippen LogP contribution in [0.4, 0.5) is 0 Å². The molecule has 0 aliphatic carbocycles. The summed E-state index contributed by atoms with van der Waals surface area (Å²) in [5, 5.41) is 3.49. The van der Waals surface area contributed by atoms with Crippen molar-refractivity contribution < 1.29 is 4.79 Å². The van der Waals surface area contributed by atoms with Gasteiger partial charge in [0.25, 0.3) is 0 Å². The number of halogens is 2. The molecule has 0 aliphatic heterocycles. The van der Waals surface area contributed by atoms with Gasteiger partial charge in [-0.25, -0.2) is 0 Å². The second-order valence-electron chi connectivity index (χ2n) is 3.77. The summed E-state index contributed by atoms with van der Waals surface area (Å²) in [7, 11) is 0. The summed E-state index contributed by atoms with van der Waals surface area (Å²) in [4.78, 5) is 11.6. The summed E-state index contributed by atoms with van der Waals surface area (Å²) >= 11 is 6.03. The third kappa shape index (κ3) is 4.54. The maximum Gasteiger partial charge on any atom is 0.237 e. The zero-order chi connectivity index (χ0) is 12.1. The molecule has 0 fully saturated rings. The molecule has 0 bridgehead atoms.